The van der Waals surface area contributed by atoms with Crippen LogP contribution in [0.5, 0.6) is 0 Å². The quantitative estimate of drug-likeness (QED) is 0.640. The minimum absolute atomic E-state index is 0.00120. The highest BCUT2D eigenvalue weighted by atomic mass is 79.9. The van der Waals surface area contributed by atoms with Crippen molar-refractivity contribution >= 4 is 33.3 Å². The molecule has 0 spiro atoms. The van der Waals surface area contributed by atoms with E-state index < -0.39 is 11.9 Å². The molecule has 0 atom stereocenters. The van der Waals surface area contributed by atoms with Gasteiger partial charge in [-0.05, 0) is 41.5 Å². The molecule has 9 heteroatoms. The van der Waals surface area contributed by atoms with Gasteiger partial charge < -0.3 is 10.6 Å². The smallest absolute Gasteiger partial charge is 0.366 e. The Morgan fingerprint density at radius 3 is 2.58 bits per heavy atom. The molecule has 0 bridgehead atoms. The first-order valence-electron chi connectivity index (χ1n) is 5.53. The van der Waals surface area contributed by atoms with E-state index in [1.165, 1.54) is 4.68 Å². The van der Waals surface area contributed by atoms with E-state index in [1.54, 1.807) is 14.0 Å². The maximum atomic E-state index is 12.6. The van der Waals surface area contributed by atoms with Crippen molar-refractivity contribution in [3.8, 4) is 0 Å². The van der Waals surface area contributed by atoms with Crippen LogP contribution in [0.2, 0.25) is 0 Å². The number of thiocarbonyl (C=S) groups is 1. The van der Waals surface area contributed by atoms with Crippen LogP contribution in [-0.4, -0.2) is 28.5 Å². The summed E-state index contributed by atoms with van der Waals surface area (Å²) in [6, 6.07) is 0. The fourth-order valence-corrected chi connectivity index (χ4v) is 2.05. The molecule has 0 radical (unpaired) electrons. The summed E-state index contributed by atoms with van der Waals surface area (Å²) in [7, 11) is 1.69. The van der Waals surface area contributed by atoms with Gasteiger partial charge in [0.2, 0.25) is 0 Å². The number of hydrogen-bond donors (Lipinski definition) is 2. The van der Waals surface area contributed by atoms with Crippen LogP contribution in [0.15, 0.2) is 4.47 Å². The van der Waals surface area contributed by atoms with Gasteiger partial charge in [-0.2, -0.15) is 18.3 Å². The Balaban J connectivity index is 2.63. The normalized spacial score (nSPS) is 11.5. The fraction of sp³-hybridized carbons (Fsp3) is 0.600. The van der Waals surface area contributed by atoms with Crippen molar-refractivity contribution in [2.75, 3.05) is 13.6 Å². The predicted octanol–water partition coefficient (Wildman–Crippen LogP) is 2.46. The van der Waals surface area contributed by atoms with Crippen molar-refractivity contribution < 1.29 is 13.2 Å². The van der Waals surface area contributed by atoms with Crippen LogP contribution in [0.3, 0.4) is 0 Å². The minimum atomic E-state index is -4.44. The Morgan fingerprint density at radius 1 is 1.47 bits per heavy atom. The average molecular weight is 359 g/mol. The van der Waals surface area contributed by atoms with E-state index in [0.717, 1.165) is 0 Å². The molecule has 19 heavy (non-hydrogen) atoms. The van der Waals surface area contributed by atoms with E-state index in [9.17, 15) is 13.2 Å². The van der Waals surface area contributed by atoms with Crippen molar-refractivity contribution in [1.29, 1.82) is 0 Å². The lowest BCUT2D eigenvalue weighted by atomic mass is 10.3. The first kappa shape index (κ1) is 16.2. The molecule has 0 saturated carbocycles. The molecule has 1 rings (SSSR count). The van der Waals surface area contributed by atoms with Gasteiger partial charge in [0.1, 0.15) is 0 Å². The molecular weight excluding hydrogens is 345 g/mol. The summed E-state index contributed by atoms with van der Waals surface area (Å²) in [5.74, 6) is 0. The summed E-state index contributed by atoms with van der Waals surface area (Å²) in [6.45, 7) is 2.55. The molecular formula is C10H14BrF3N4S. The van der Waals surface area contributed by atoms with Gasteiger partial charge in [-0.1, -0.05) is 0 Å². The predicted molar refractivity (Wildman–Crippen MR) is 73.9 cm³/mol. The van der Waals surface area contributed by atoms with E-state index >= 15 is 0 Å². The molecule has 108 valence electrons. The number of rotatable bonds is 4. The Bertz CT molecular complexity index is 458. The number of alkyl halides is 3. The highest BCUT2D eigenvalue weighted by Gasteiger charge is 2.37. The molecule has 0 aromatic carbocycles. The summed E-state index contributed by atoms with van der Waals surface area (Å²) in [4.78, 5) is 0. The van der Waals surface area contributed by atoms with Crippen molar-refractivity contribution in [2.45, 2.75) is 26.1 Å². The zero-order valence-electron chi connectivity index (χ0n) is 10.4. The molecule has 1 aromatic heterocycles. The van der Waals surface area contributed by atoms with Gasteiger partial charge in [0.15, 0.2) is 10.8 Å². The van der Waals surface area contributed by atoms with Crippen LogP contribution < -0.4 is 10.6 Å². The fourth-order valence-electron chi connectivity index (χ4n) is 1.44. The first-order chi connectivity index (χ1) is 8.77. The second-order valence-corrected chi connectivity index (χ2v) is 5.03. The maximum absolute atomic E-state index is 12.6. The number of halogens is 4. The summed E-state index contributed by atoms with van der Waals surface area (Å²) in [5, 5.41) is 9.76. The summed E-state index contributed by atoms with van der Waals surface area (Å²) < 4.78 is 39.3. The lowest BCUT2D eigenvalue weighted by molar-refractivity contribution is -0.142. The summed E-state index contributed by atoms with van der Waals surface area (Å²) in [5.41, 5.74) is -0.424. The molecule has 0 saturated heterocycles. The van der Waals surface area contributed by atoms with Gasteiger partial charge in [0.25, 0.3) is 0 Å². The molecule has 0 unspecified atom stereocenters. The average Bonchev–Trinajstić information content (AvgIpc) is 2.61. The van der Waals surface area contributed by atoms with Crippen LogP contribution in [0.4, 0.5) is 13.2 Å². The highest BCUT2D eigenvalue weighted by Crippen LogP contribution is 2.35. The van der Waals surface area contributed by atoms with Crippen LogP contribution in [-0.2, 0) is 12.7 Å². The van der Waals surface area contributed by atoms with Gasteiger partial charge in [0, 0.05) is 20.1 Å². The van der Waals surface area contributed by atoms with Crippen LogP contribution in [0.1, 0.15) is 17.8 Å². The Hall–Kier alpha value is -0.830. The Kier molecular flexibility index (Phi) is 5.60. The zero-order valence-corrected chi connectivity index (χ0v) is 12.8. The zero-order chi connectivity index (χ0) is 14.6. The van der Waals surface area contributed by atoms with E-state index in [0.29, 0.717) is 30.3 Å². The molecule has 0 fully saturated rings. The monoisotopic (exact) mass is 358 g/mol. The minimum Gasteiger partial charge on any atom is -0.366 e. The van der Waals surface area contributed by atoms with Crippen LogP contribution in [0.25, 0.3) is 0 Å². The van der Waals surface area contributed by atoms with Crippen molar-refractivity contribution in [3.05, 3.63) is 15.9 Å². The highest BCUT2D eigenvalue weighted by molar-refractivity contribution is 9.10. The number of nitrogens with one attached hydrogen (secondary N) is 2. The van der Waals surface area contributed by atoms with Gasteiger partial charge in [-0.25, -0.2) is 0 Å². The van der Waals surface area contributed by atoms with Crippen molar-refractivity contribution in [2.24, 2.45) is 0 Å². The van der Waals surface area contributed by atoms with Crippen molar-refractivity contribution in [1.82, 2.24) is 20.4 Å². The number of aryl methyl sites for hydroxylation is 1. The first-order valence-corrected chi connectivity index (χ1v) is 6.73. The SMILES string of the molecule is CNC(=S)NCCCn1nc(C(F)(F)F)c(Br)c1C. The Morgan fingerprint density at radius 2 is 2.11 bits per heavy atom. The number of hydrogen-bond acceptors (Lipinski definition) is 2. The molecule has 0 aliphatic heterocycles. The second-order valence-electron chi connectivity index (χ2n) is 3.83. The molecule has 4 nitrogen and oxygen atoms in total. The topological polar surface area (TPSA) is 41.9 Å². The summed E-state index contributed by atoms with van der Waals surface area (Å²) in [6.07, 6.45) is -3.82. The van der Waals surface area contributed by atoms with E-state index in [2.05, 4.69) is 31.7 Å². The van der Waals surface area contributed by atoms with Gasteiger partial charge in [-0.3, -0.25) is 4.68 Å². The number of nitrogens with zero attached hydrogens (tertiary/aromatic N) is 2. The van der Waals surface area contributed by atoms with Gasteiger partial charge in [-0.15, -0.1) is 0 Å². The molecule has 0 amide bonds. The third-order valence-electron chi connectivity index (χ3n) is 2.46. The van der Waals surface area contributed by atoms with Gasteiger partial charge >= 0.3 is 6.18 Å². The standard InChI is InChI=1S/C10H14BrF3N4S/c1-6-7(11)8(10(12,13)14)17-18(6)5-3-4-16-9(19)15-2/h3-5H2,1-2H3,(H2,15,16,19). The Labute approximate surface area is 122 Å². The van der Waals surface area contributed by atoms with Crippen molar-refractivity contribution in [3.63, 3.8) is 0 Å². The lowest BCUT2D eigenvalue weighted by Crippen LogP contribution is -2.33. The second kappa shape index (κ2) is 6.56. The molecule has 0 aliphatic rings. The molecule has 1 heterocycles. The van der Waals surface area contributed by atoms with Crippen LogP contribution in [0, 0.1) is 6.92 Å². The van der Waals surface area contributed by atoms with Gasteiger partial charge in [0.05, 0.1) is 10.2 Å². The largest absolute Gasteiger partial charge is 0.436 e. The molecule has 1 aromatic rings. The molecule has 0 aliphatic carbocycles. The van der Waals surface area contributed by atoms with Crippen LogP contribution >= 0.6 is 28.1 Å². The molecule has 2 N–H and O–H groups in total. The summed E-state index contributed by atoms with van der Waals surface area (Å²) >= 11 is 7.81. The number of aromatic nitrogens is 2. The van der Waals surface area contributed by atoms with E-state index in [4.69, 9.17) is 12.2 Å². The van der Waals surface area contributed by atoms with E-state index in [1.807, 2.05) is 0 Å². The third kappa shape index (κ3) is 4.34. The maximum Gasteiger partial charge on any atom is 0.436 e. The third-order valence-corrected chi connectivity index (χ3v) is 3.76. The lowest BCUT2D eigenvalue weighted by Gasteiger charge is -2.07. The van der Waals surface area contributed by atoms with E-state index in [-0.39, 0.29) is 4.47 Å².